The largest absolute Gasteiger partial charge is 0.145 e. The van der Waals surface area contributed by atoms with Crippen molar-refractivity contribution in [2.75, 3.05) is 0 Å². The molecule has 0 aromatic carbocycles. The molecule has 0 atom stereocenters. The second-order valence-electron chi connectivity index (χ2n) is 2.92. The Hall–Kier alpha value is -0.300. The molecule has 0 nitrogen and oxygen atoms in total. The third kappa shape index (κ3) is 2.06. The van der Waals surface area contributed by atoms with Crippen molar-refractivity contribution in [1.82, 2.24) is 0 Å². The van der Waals surface area contributed by atoms with E-state index in [1.54, 1.807) is 4.88 Å². The highest BCUT2D eigenvalue weighted by Crippen LogP contribution is 2.23. The van der Waals surface area contributed by atoms with Gasteiger partial charge in [0.25, 0.3) is 0 Å². The SMILES string of the molecule is CCCc1sc(CC)cc1C. The Morgan fingerprint density at radius 2 is 2.09 bits per heavy atom. The third-order valence-corrected chi connectivity index (χ3v) is 3.34. The molecule has 0 aliphatic heterocycles. The van der Waals surface area contributed by atoms with Crippen LogP contribution in [0.3, 0.4) is 0 Å². The Morgan fingerprint density at radius 3 is 2.55 bits per heavy atom. The Labute approximate surface area is 73.3 Å². The average molecular weight is 168 g/mol. The maximum Gasteiger partial charge on any atom is 0.00772 e. The fourth-order valence-electron chi connectivity index (χ4n) is 1.24. The summed E-state index contributed by atoms with van der Waals surface area (Å²) < 4.78 is 0. The normalized spacial score (nSPS) is 10.5. The van der Waals surface area contributed by atoms with Crippen molar-refractivity contribution >= 4 is 11.3 Å². The van der Waals surface area contributed by atoms with Gasteiger partial charge in [-0.15, -0.1) is 11.3 Å². The Bertz CT molecular complexity index is 223. The van der Waals surface area contributed by atoms with Crippen LogP contribution in [0, 0.1) is 6.92 Å². The van der Waals surface area contributed by atoms with Gasteiger partial charge in [0.15, 0.2) is 0 Å². The van der Waals surface area contributed by atoms with Crippen LogP contribution in [0.25, 0.3) is 0 Å². The van der Waals surface area contributed by atoms with Crippen molar-refractivity contribution in [3.63, 3.8) is 0 Å². The van der Waals surface area contributed by atoms with E-state index in [-0.39, 0.29) is 0 Å². The van der Waals surface area contributed by atoms with Crippen LogP contribution in [-0.2, 0) is 12.8 Å². The van der Waals surface area contributed by atoms with Gasteiger partial charge < -0.3 is 0 Å². The minimum absolute atomic E-state index is 1.19. The fourth-order valence-corrected chi connectivity index (χ4v) is 2.46. The monoisotopic (exact) mass is 168 g/mol. The van der Waals surface area contributed by atoms with Crippen molar-refractivity contribution in [3.05, 3.63) is 21.4 Å². The second-order valence-corrected chi connectivity index (χ2v) is 4.14. The van der Waals surface area contributed by atoms with E-state index in [1.807, 2.05) is 11.3 Å². The van der Waals surface area contributed by atoms with E-state index < -0.39 is 0 Å². The van der Waals surface area contributed by atoms with Crippen LogP contribution in [0.5, 0.6) is 0 Å². The van der Waals surface area contributed by atoms with E-state index in [9.17, 15) is 0 Å². The van der Waals surface area contributed by atoms with Crippen molar-refractivity contribution in [2.45, 2.75) is 40.0 Å². The zero-order valence-corrected chi connectivity index (χ0v) is 8.42. The van der Waals surface area contributed by atoms with Crippen LogP contribution in [0.2, 0.25) is 0 Å². The molecule has 1 aromatic rings. The molecule has 0 amide bonds. The number of aryl methyl sites for hydroxylation is 3. The van der Waals surface area contributed by atoms with Crippen molar-refractivity contribution in [1.29, 1.82) is 0 Å². The van der Waals surface area contributed by atoms with Gasteiger partial charge in [0.05, 0.1) is 0 Å². The lowest BCUT2D eigenvalue weighted by molar-refractivity contribution is 0.933. The quantitative estimate of drug-likeness (QED) is 0.647. The second kappa shape index (κ2) is 3.91. The van der Waals surface area contributed by atoms with Gasteiger partial charge in [-0.3, -0.25) is 0 Å². The summed E-state index contributed by atoms with van der Waals surface area (Å²) in [6, 6.07) is 2.33. The molecule has 0 saturated carbocycles. The Balaban J connectivity index is 2.79. The molecule has 0 fully saturated rings. The highest BCUT2D eigenvalue weighted by atomic mass is 32.1. The van der Waals surface area contributed by atoms with Crippen LogP contribution in [0.4, 0.5) is 0 Å². The van der Waals surface area contributed by atoms with E-state index in [1.165, 1.54) is 29.7 Å². The fraction of sp³-hybridized carbons (Fsp3) is 0.600. The van der Waals surface area contributed by atoms with Gasteiger partial charge >= 0.3 is 0 Å². The third-order valence-electron chi connectivity index (χ3n) is 1.90. The Morgan fingerprint density at radius 1 is 1.36 bits per heavy atom. The molecule has 62 valence electrons. The first-order valence-corrected chi connectivity index (χ1v) is 5.17. The van der Waals surface area contributed by atoms with Crippen LogP contribution in [-0.4, -0.2) is 0 Å². The number of rotatable bonds is 3. The number of hydrogen-bond acceptors (Lipinski definition) is 1. The van der Waals surface area contributed by atoms with Crippen molar-refractivity contribution < 1.29 is 0 Å². The van der Waals surface area contributed by atoms with Crippen LogP contribution in [0.15, 0.2) is 6.07 Å². The summed E-state index contributed by atoms with van der Waals surface area (Å²) in [4.78, 5) is 3.12. The summed E-state index contributed by atoms with van der Waals surface area (Å²) in [6.07, 6.45) is 3.72. The first kappa shape index (κ1) is 8.79. The first-order chi connectivity index (χ1) is 5.27. The van der Waals surface area contributed by atoms with Crippen molar-refractivity contribution in [2.24, 2.45) is 0 Å². The molecule has 0 saturated heterocycles. The molecule has 11 heavy (non-hydrogen) atoms. The molecule has 0 bridgehead atoms. The molecule has 0 spiro atoms. The van der Waals surface area contributed by atoms with Crippen LogP contribution in [0.1, 0.15) is 35.6 Å². The maximum absolute atomic E-state index is 2.33. The molecule has 0 aliphatic rings. The van der Waals surface area contributed by atoms with Crippen molar-refractivity contribution in [3.8, 4) is 0 Å². The smallest absolute Gasteiger partial charge is 0.00772 e. The molecule has 1 heteroatoms. The number of hydrogen-bond donors (Lipinski definition) is 0. The van der Waals surface area contributed by atoms with Gasteiger partial charge in [0, 0.05) is 9.75 Å². The predicted molar refractivity (Wildman–Crippen MR) is 52.4 cm³/mol. The molecule has 0 aliphatic carbocycles. The van der Waals surface area contributed by atoms with E-state index >= 15 is 0 Å². The molecule has 0 unspecified atom stereocenters. The lowest BCUT2D eigenvalue weighted by atomic mass is 10.2. The molecule has 1 aromatic heterocycles. The van der Waals surface area contributed by atoms with Crippen LogP contribution >= 0.6 is 11.3 Å². The van der Waals surface area contributed by atoms with Gasteiger partial charge in [-0.2, -0.15) is 0 Å². The summed E-state index contributed by atoms with van der Waals surface area (Å²) >= 11 is 1.98. The predicted octanol–water partition coefficient (Wildman–Crippen LogP) is 3.57. The van der Waals surface area contributed by atoms with Gasteiger partial charge in [-0.25, -0.2) is 0 Å². The van der Waals surface area contributed by atoms with Crippen LogP contribution < -0.4 is 0 Å². The molecule has 1 rings (SSSR count). The molecule has 1 heterocycles. The molecule has 0 radical (unpaired) electrons. The first-order valence-electron chi connectivity index (χ1n) is 4.36. The number of thiophene rings is 1. The van der Waals surface area contributed by atoms with Gasteiger partial charge in [-0.1, -0.05) is 20.3 Å². The molecule has 0 N–H and O–H groups in total. The molecular weight excluding hydrogens is 152 g/mol. The zero-order valence-electron chi connectivity index (χ0n) is 7.61. The maximum atomic E-state index is 2.33. The topological polar surface area (TPSA) is 0 Å². The average Bonchev–Trinajstić information content (AvgIpc) is 2.33. The van der Waals surface area contributed by atoms with Gasteiger partial charge in [0.2, 0.25) is 0 Å². The minimum atomic E-state index is 1.19. The highest BCUT2D eigenvalue weighted by molar-refractivity contribution is 7.12. The lowest BCUT2D eigenvalue weighted by Gasteiger charge is -1.92. The summed E-state index contributed by atoms with van der Waals surface area (Å²) in [5.41, 5.74) is 1.49. The highest BCUT2D eigenvalue weighted by Gasteiger charge is 2.01. The lowest BCUT2D eigenvalue weighted by Crippen LogP contribution is -1.78. The van der Waals surface area contributed by atoms with E-state index in [0.29, 0.717) is 0 Å². The minimum Gasteiger partial charge on any atom is -0.145 e. The summed E-state index contributed by atoms with van der Waals surface area (Å²) in [5.74, 6) is 0. The zero-order chi connectivity index (χ0) is 8.27. The summed E-state index contributed by atoms with van der Waals surface area (Å²) in [6.45, 7) is 6.69. The standard InChI is InChI=1S/C10H16S/c1-4-6-10-8(3)7-9(5-2)11-10/h7H,4-6H2,1-3H3. The van der Waals surface area contributed by atoms with Gasteiger partial charge in [-0.05, 0) is 31.4 Å². The van der Waals surface area contributed by atoms with Gasteiger partial charge in [0.1, 0.15) is 0 Å². The van der Waals surface area contributed by atoms with E-state index in [4.69, 9.17) is 0 Å². The summed E-state index contributed by atoms with van der Waals surface area (Å²) in [7, 11) is 0. The summed E-state index contributed by atoms with van der Waals surface area (Å²) in [5, 5.41) is 0. The van der Waals surface area contributed by atoms with E-state index in [2.05, 4.69) is 26.8 Å². The molecular formula is C10H16S. The Kier molecular flexibility index (Phi) is 3.13. The van der Waals surface area contributed by atoms with E-state index in [0.717, 1.165) is 0 Å².